The average molecular weight is 172 g/mol. The minimum absolute atomic E-state index is 0.0282. The van der Waals surface area contributed by atoms with Crippen LogP contribution in [0.15, 0.2) is 0 Å². The van der Waals surface area contributed by atoms with Crippen molar-refractivity contribution in [2.75, 3.05) is 6.54 Å². The summed E-state index contributed by atoms with van der Waals surface area (Å²) >= 11 is 0. The summed E-state index contributed by atoms with van der Waals surface area (Å²) in [4.78, 5) is 21.4. The SMILES string of the molecule is NNC(=O)NCC(=O)NC1CC1. The van der Waals surface area contributed by atoms with Crippen LogP contribution in [0.4, 0.5) is 4.79 Å². The van der Waals surface area contributed by atoms with Crippen LogP contribution < -0.4 is 21.9 Å². The molecule has 0 heterocycles. The smallest absolute Gasteiger partial charge is 0.329 e. The number of carbonyl (C=O) groups excluding carboxylic acids is 2. The Morgan fingerprint density at radius 3 is 2.58 bits per heavy atom. The Hall–Kier alpha value is -1.30. The van der Waals surface area contributed by atoms with Crippen LogP contribution in [0.3, 0.4) is 0 Å². The van der Waals surface area contributed by atoms with Crippen molar-refractivity contribution in [3.63, 3.8) is 0 Å². The van der Waals surface area contributed by atoms with Gasteiger partial charge in [0.05, 0.1) is 6.54 Å². The summed E-state index contributed by atoms with van der Waals surface area (Å²) in [5.41, 5.74) is 1.86. The van der Waals surface area contributed by atoms with Gasteiger partial charge in [-0.1, -0.05) is 0 Å². The molecule has 0 aromatic rings. The lowest BCUT2D eigenvalue weighted by Gasteiger charge is -2.04. The van der Waals surface area contributed by atoms with Gasteiger partial charge in [0.25, 0.3) is 0 Å². The van der Waals surface area contributed by atoms with Crippen LogP contribution in [0.25, 0.3) is 0 Å². The Morgan fingerprint density at radius 1 is 1.42 bits per heavy atom. The highest BCUT2D eigenvalue weighted by molar-refractivity contribution is 5.83. The molecule has 3 amide bonds. The fourth-order valence-electron chi connectivity index (χ4n) is 0.718. The molecule has 0 saturated heterocycles. The first-order valence-electron chi connectivity index (χ1n) is 3.76. The molecule has 0 aromatic heterocycles. The third-order valence-electron chi connectivity index (χ3n) is 1.48. The summed E-state index contributed by atoms with van der Waals surface area (Å²) < 4.78 is 0. The van der Waals surface area contributed by atoms with Crippen molar-refractivity contribution in [2.45, 2.75) is 18.9 Å². The summed E-state index contributed by atoms with van der Waals surface area (Å²) in [6.07, 6.45) is 2.07. The minimum Gasteiger partial charge on any atom is -0.352 e. The van der Waals surface area contributed by atoms with Gasteiger partial charge in [0.15, 0.2) is 0 Å². The summed E-state index contributed by atoms with van der Waals surface area (Å²) in [5, 5.41) is 4.99. The highest BCUT2D eigenvalue weighted by Crippen LogP contribution is 2.17. The Bertz CT molecular complexity index is 190. The average Bonchev–Trinajstić information content (AvgIpc) is 2.84. The van der Waals surface area contributed by atoms with Crippen molar-refractivity contribution < 1.29 is 9.59 Å². The summed E-state index contributed by atoms with van der Waals surface area (Å²) in [7, 11) is 0. The maximum Gasteiger partial charge on any atom is 0.329 e. The first kappa shape index (κ1) is 8.79. The van der Waals surface area contributed by atoms with Crippen molar-refractivity contribution in [3.05, 3.63) is 0 Å². The van der Waals surface area contributed by atoms with Crippen LogP contribution >= 0.6 is 0 Å². The third-order valence-corrected chi connectivity index (χ3v) is 1.48. The number of nitrogens with one attached hydrogen (secondary N) is 3. The van der Waals surface area contributed by atoms with Gasteiger partial charge in [-0.05, 0) is 12.8 Å². The molecule has 0 radical (unpaired) electrons. The van der Waals surface area contributed by atoms with E-state index in [1.54, 1.807) is 0 Å². The molecule has 0 atom stereocenters. The van der Waals surface area contributed by atoms with Crippen molar-refractivity contribution >= 4 is 11.9 Å². The fraction of sp³-hybridized carbons (Fsp3) is 0.667. The monoisotopic (exact) mass is 172 g/mol. The molecule has 1 aliphatic carbocycles. The van der Waals surface area contributed by atoms with Gasteiger partial charge < -0.3 is 10.6 Å². The van der Waals surface area contributed by atoms with Crippen molar-refractivity contribution in [3.8, 4) is 0 Å². The van der Waals surface area contributed by atoms with Gasteiger partial charge in [0.2, 0.25) is 5.91 Å². The molecule has 0 aromatic carbocycles. The van der Waals surface area contributed by atoms with Gasteiger partial charge in [-0.2, -0.15) is 0 Å². The molecule has 0 bridgehead atoms. The van der Waals surface area contributed by atoms with Gasteiger partial charge >= 0.3 is 6.03 Å². The number of nitrogens with two attached hydrogens (primary N) is 1. The van der Waals surface area contributed by atoms with E-state index in [1.165, 1.54) is 0 Å². The van der Waals surface area contributed by atoms with Crippen LogP contribution in [0, 0.1) is 0 Å². The minimum atomic E-state index is -0.555. The predicted octanol–water partition coefficient (Wildman–Crippen LogP) is -1.56. The van der Waals surface area contributed by atoms with E-state index in [1.807, 2.05) is 5.43 Å². The van der Waals surface area contributed by atoms with Gasteiger partial charge in [-0.25, -0.2) is 10.6 Å². The molecule has 12 heavy (non-hydrogen) atoms. The first-order chi connectivity index (χ1) is 5.72. The number of carbonyl (C=O) groups is 2. The molecule has 1 aliphatic rings. The van der Waals surface area contributed by atoms with Crippen molar-refractivity contribution in [1.29, 1.82) is 0 Å². The lowest BCUT2D eigenvalue weighted by Crippen LogP contribution is -2.44. The molecule has 1 saturated carbocycles. The van der Waals surface area contributed by atoms with Crippen molar-refractivity contribution in [1.82, 2.24) is 16.1 Å². The normalized spacial score (nSPS) is 15.1. The Kier molecular flexibility index (Phi) is 2.87. The van der Waals surface area contributed by atoms with Gasteiger partial charge in [-0.15, -0.1) is 0 Å². The van der Waals surface area contributed by atoms with E-state index >= 15 is 0 Å². The van der Waals surface area contributed by atoms with Crippen LogP contribution in [0.5, 0.6) is 0 Å². The lowest BCUT2D eigenvalue weighted by molar-refractivity contribution is -0.120. The Labute approximate surface area is 69.8 Å². The Balaban J connectivity index is 2.04. The van der Waals surface area contributed by atoms with E-state index in [-0.39, 0.29) is 12.5 Å². The second-order valence-corrected chi connectivity index (χ2v) is 2.67. The topological polar surface area (TPSA) is 96.2 Å². The predicted molar refractivity (Wildman–Crippen MR) is 41.9 cm³/mol. The van der Waals surface area contributed by atoms with Crippen LogP contribution in [0.2, 0.25) is 0 Å². The lowest BCUT2D eigenvalue weighted by atomic mass is 10.5. The number of hydrogen-bond donors (Lipinski definition) is 4. The second-order valence-electron chi connectivity index (χ2n) is 2.67. The second kappa shape index (κ2) is 3.91. The Morgan fingerprint density at radius 2 is 2.08 bits per heavy atom. The van der Waals surface area contributed by atoms with E-state index in [0.717, 1.165) is 12.8 Å². The molecule has 6 heteroatoms. The van der Waals surface area contributed by atoms with Gasteiger partial charge in [-0.3, -0.25) is 10.2 Å². The number of rotatable bonds is 3. The maximum absolute atomic E-state index is 10.9. The fourth-order valence-corrected chi connectivity index (χ4v) is 0.718. The van der Waals surface area contributed by atoms with Gasteiger partial charge in [0.1, 0.15) is 0 Å². The molecule has 0 aliphatic heterocycles. The number of amides is 3. The first-order valence-corrected chi connectivity index (χ1v) is 3.76. The zero-order valence-electron chi connectivity index (χ0n) is 6.59. The molecular formula is C6H12N4O2. The molecule has 5 N–H and O–H groups in total. The van der Waals surface area contributed by atoms with Crippen molar-refractivity contribution in [2.24, 2.45) is 5.84 Å². The highest BCUT2D eigenvalue weighted by Gasteiger charge is 2.22. The molecule has 6 nitrogen and oxygen atoms in total. The summed E-state index contributed by atoms with van der Waals surface area (Å²) in [6.45, 7) is -0.0282. The number of hydrazine groups is 1. The third kappa shape index (κ3) is 3.20. The van der Waals surface area contributed by atoms with E-state index in [4.69, 9.17) is 5.84 Å². The highest BCUT2D eigenvalue weighted by atomic mass is 16.2. The zero-order chi connectivity index (χ0) is 8.97. The van der Waals surface area contributed by atoms with E-state index < -0.39 is 6.03 Å². The van der Waals surface area contributed by atoms with Gasteiger partial charge in [0, 0.05) is 6.04 Å². The van der Waals surface area contributed by atoms with Crippen LogP contribution in [-0.2, 0) is 4.79 Å². The molecule has 1 rings (SSSR count). The van der Waals surface area contributed by atoms with E-state index in [2.05, 4.69) is 10.6 Å². The van der Waals surface area contributed by atoms with E-state index in [0.29, 0.717) is 6.04 Å². The maximum atomic E-state index is 10.9. The molecule has 0 unspecified atom stereocenters. The van der Waals surface area contributed by atoms with E-state index in [9.17, 15) is 9.59 Å². The molecule has 0 spiro atoms. The van der Waals surface area contributed by atoms with Crippen LogP contribution in [0.1, 0.15) is 12.8 Å². The van der Waals surface area contributed by atoms with Crippen LogP contribution in [-0.4, -0.2) is 24.5 Å². The number of urea groups is 1. The number of hydrogen-bond acceptors (Lipinski definition) is 3. The zero-order valence-corrected chi connectivity index (χ0v) is 6.59. The summed E-state index contributed by atoms with van der Waals surface area (Å²) in [6, 6.07) is -0.235. The molecule has 1 fully saturated rings. The summed E-state index contributed by atoms with van der Waals surface area (Å²) in [5.74, 6) is 4.60. The quantitative estimate of drug-likeness (QED) is 0.235. The molecule has 68 valence electrons. The standard InChI is InChI=1S/C6H12N4O2/c7-10-6(12)8-3-5(11)9-4-1-2-4/h4H,1-3,7H2,(H,9,11)(H2,8,10,12). The molecular weight excluding hydrogens is 160 g/mol. The largest absolute Gasteiger partial charge is 0.352 e.